The number of fused-ring (bicyclic) bond motifs is 1. The molecule has 2 aromatic rings. The largest absolute Gasteiger partial charge is 0.347 e. The van der Waals surface area contributed by atoms with Gasteiger partial charge in [-0.15, -0.1) is 0 Å². The van der Waals surface area contributed by atoms with Gasteiger partial charge in [0.1, 0.15) is 11.5 Å². The predicted molar refractivity (Wildman–Crippen MR) is 101 cm³/mol. The first-order valence-electron chi connectivity index (χ1n) is 9.86. The van der Waals surface area contributed by atoms with Gasteiger partial charge in [0.15, 0.2) is 0 Å². The number of aromatic nitrogens is 3. The average molecular weight is 355 g/mol. The summed E-state index contributed by atoms with van der Waals surface area (Å²) in [5.74, 6) is 1.97. The quantitative estimate of drug-likeness (QED) is 0.897. The van der Waals surface area contributed by atoms with E-state index in [1.807, 2.05) is 36.1 Å². The minimum Gasteiger partial charge on any atom is -0.347 e. The molecule has 2 aliphatic rings. The lowest BCUT2D eigenvalue weighted by atomic mass is 9.89. The van der Waals surface area contributed by atoms with Crippen molar-refractivity contribution >= 4 is 5.91 Å². The first kappa shape index (κ1) is 17.3. The second kappa shape index (κ2) is 7.66. The van der Waals surface area contributed by atoms with Gasteiger partial charge in [0.2, 0.25) is 0 Å². The maximum Gasteiger partial charge on any atom is 0.268 e. The average Bonchev–Trinajstić information content (AvgIpc) is 3.26. The highest BCUT2D eigenvalue weighted by Gasteiger charge is 2.23. The molecule has 0 spiro atoms. The topological polar surface area (TPSA) is 55.1 Å². The first-order chi connectivity index (χ1) is 12.7. The number of nitrogens with zero attached hydrogens (tertiary/aromatic N) is 4. The van der Waals surface area contributed by atoms with Crippen LogP contribution in [0.15, 0.2) is 24.5 Å². The minimum atomic E-state index is -0.0391. The molecule has 0 radical (unpaired) electrons. The lowest BCUT2D eigenvalue weighted by Gasteiger charge is -2.33. The highest BCUT2D eigenvalue weighted by atomic mass is 16.1. The molecule has 0 aromatic carbocycles. The summed E-state index contributed by atoms with van der Waals surface area (Å²) in [6.45, 7) is 4.73. The molecule has 1 aliphatic carbocycles. The van der Waals surface area contributed by atoms with Gasteiger partial charge in [0.25, 0.3) is 5.91 Å². The Hall–Kier alpha value is -2.08. The van der Waals surface area contributed by atoms with E-state index in [0.717, 1.165) is 37.1 Å². The van der Waals surface area contributed by atoms with E-state index in [4.69, 9.17) is 0 Å². The van der Waals surface area contributed by atoms with Gasteiger partial charge in [-0.2, -0.15) is 0 Å². The molecule has 4 rings (SSSR count). The van der Waals surface area contributed by atoms with Gasteiger partial charge < -0.3 is 14.5 Å². The number of amides is 1. The molecule has 1 fully saturated rings. The monoisotopic (exact) mass is 355 g/mol. The smallest absolute Gasteiger partial charge is 0.268 e. The van der Waals surface area contributed by atoms with Crippen molar-refractivity contribution < 1.29 is 4.79 Å². The van der Waals surface area contributed by atoms with Crippen LogP contribution in [0.2, 0.25) is 0 Å². The van der Waals surface area contributed by atoms with Gasteiger partial charge >= 0.3 is 0 Å². The molecule has 0 unspecified atom stereocenters. The molecule has 140 valence electrons. The molecule has 6 heteroatoms. The molecule has 1 saturated carbocycles. The maximum absolute atomic E-state index is 12.3. The number of aryl methyl sites for hydroxylation is 1. The molecule has 6 nitrogen and oxygen atoms in total. The van der Waals surface area contributed by atoms with Crippen molar-refractivity contribution in [1.29, 1.82) is 0 Å². The fraction of sp³-hybridized carbons (Fsp3) is 0.600. The number of carbonyl (C=O) groups is 1. The number of nitrogens with one attached hydrogen (secondary N) is 1. The summed E-state index contributed by atoms with van der Waals surface area (Å²) in [5.41, 5.74) is 1.78. The highest BCUT2D eigenvalue weighted by Crippen LogP contribution is 2.26. The summed E-state index contributed by atoms with van der Waals surface area (Å²) < 4.78 is 4.12. The van der Waals surface area contributed by atoms with E-state index >= 15 is 0 Å². The summed E-state index contributed by atoms with van der Waals surface area (Å²) >= 11 is 0. The zero-order chi connectivity index (χ0) is 17.9. The fourth-order valence-electron chi connectivity index (χ4n) is 4.36. The number of hydrogen-bond acceptors (Lipinski definition) is 3. The van der Waals surface area contributed by atoms with E-state index in [1.54, 1.807) is 0 Å². The molecule has 0 saturated heterocycles. The van der Waals surface area contributed by atoms with Crippen molar-refractivity contribution in [1.82, 2.24) is 24.3 Å². The highest BCUT2D eigenvalue weighted by molar-refractivity contribution is 5.92. The normalized spacial score (nSPS) is 18.7. The number of carbonyl (C=O) groups excluding carboxylic acids is 1. The van der Waals surface area contributed by atoms with Crippen molar-refractivity contribution in [2.24, 2.45) is 13.0 Å². The van der Waals surface area contributed by atoms with Crippen LogP contribution >= 0.6 is 0 Å². The van der Waals surface area contributed by atoms with E-state index in [1.165, 1.54) is 38.6 Å². The molecular weight excluding hydrogens is 326 g/mol. The van der Waals surface area contributed by atoms with Crippen LogP contribution in [0.3, 0.4) is 0 Å². The van der Waals surface area contributed by atoms with Crippen LogP contribution in [-0.2, 0) is 26.7 Å². The summed E-state index contributed by atoms with van der Waals surface area (Å²) in [5, 5.41) is 3.02. The minimum absolute atomic E-state index is 0.0391. The number of imidazole rings is 1. The standard InChI is InChI=1S/C20H29N5O/c1-23-9-5-8-18(23)20(26)22-13-17-12-21-19-15-24(10-11-25(17)19)14-16-6-3-2-4-7-16/h5,8-9,12,16H,2-4,6-7,10-11,13-15H2,1H3,(H,22,26). The third kappa shape index (κ3) is 3.70. The van der Waals surface area contributed by atoms with Gasteiger partial charge in [-0.05, 0) is 30.9 Å². The molecule has 2 aromatic heterocycles. The van der Waals surface area contributed by atoms with E-state index < -0.39 is 0 Å². The molecule has 0 bridgehead atoms. The van der Waals surface area contributed by atoms with Crippen LogP contribution in [0.4, 0.5) is 0 Å². The zero-order valence-electron chi connectivity index (χ0n) is 15.7. The third-order valence-corrected chi connectivity index (χ3v) is 5.87. The van der Waals surface area contributed by atoms with Crippen LogP contribution in [0.25, 0.3) is 0 Å². The Kier molecular flexibility index (Phi) is 5.11. The Bertz CT molecular complexity index is 756. The van der Waals surface area contributed by atoms with Crippen LogP contribution < -0.4 is 5.32 Å². The number of hydrogen-bond donors (Lipinski definition) is 1. The molecule has 1 aliphatic heterocycles. The van der Waals surface area contributed by atoms with Crippen LogP contribution in [-0.4, -0.2) is 38.0 Å². The van der Waals surface area contributed by atoms with Crippen LogP contribution in [0.1, 0.15) is 54.1 Å². The van der Waals surface area contributed by atoms with Gasteiger partial charge in [-0.3, -0.25) is 9.69 Å². The van der Waals surface area contributed by atoms with Crippen molar-refractivity contribution in [3.8, 4) is 0 Å². The summed E-state index contributed by atoms with van der Waals surface area (Å²) in [6.07, 6.45) is 10.8. The maximum atomic E-state index is 12.3. The van der Waals surface area contributed by atoms with E-state index in [2.05, 4.69) is 19.8 Å². The Labute approximate surface area is 155 Å². The fourth-order valence-corrected chi connectivity index (χ4v) is 4.36. The Morgan fingerprint density at radius 3 is 2.88 bits per heavy atom. The van der Waals surface area contributed by atoms with Crippen molar-refractivity contribution in [3.05, 3.63) is 41.7 Å². The molecule has 1 N–H and O–H groups in total. The van der Waals surface area contributed by atoms with Gasteiger partial charge in [-0.1, -0.05) is 19.3 Å². The molecular formula is C20H29N5O. The van der Waals surface area contributed by atoms with Crippen LogP contribution in [0.5, 0.6) is 0 Å². The first-order valence-corrected chi connectivity index (χ1v) is 9.86. The Morgan fingerprint density at radius 1 is 1.27 bits per heavy atom. The van der Waals surface area contributed by atoms with Gasteiger partial charge in [-0.25, -0.2) is 4.98 Å². The lowest BCUT2D eigenvalue weighted by molar-refractivity contribution is 0.0941. The van der Waals surface area contributed by atoms with Gasteiger partial charge in [0.05, 0.1) is 25.0 Å². The SMILES string of the molecule is Cn1cccc1C(=O)NCc1cnc2n1CCN(CC1CCCCC1)C2. The molecule has 3 heterocycles. The summed E-state index contributed by atoms with van der Waals surface area (Å²) in [4.78, 5) is 19.5. The van der Waals surface area contributed by atoms with E-state index in [0.29, 0.717) is 12.2 Å². The lowest BCUT2D eigenvalue weighted by Crippen LogP contribution is -2.38. The Morgan fingerprint density at radius 2 is 2.12 bits per heavy atom. The second-order valence-electron chi connectivity index (χ2n) is 7.74. The summed E-state index contributed by atoms with van der Waals surface area (Å²) in [7, 11) is 1.89. The summed E-state index contributed by atoms with van der Waals surface area (Å²) in [6, 6.07) is 3.72. The van der Waals surface area contributed by atoms with Gasteiger partial charge in [0, 0.05) is 32.9 Å². The molecule has 26 heavy (non-hydrogen) atoms. The molecule has 0 atom stereocenters. The second-order valence-corrected chi connectivity index (χ2v) is 7.74. The number of rotatable bonds is 5. The van der Waals surface area contributed by atoms with E-state index in [-0.39, 0.29) is 5.91 Å². The predicted octanol–water partition coefficient (Wildman–Crippen LogP) is 2.55. The van der Waals surface area contributed by atoms with Crippen molar-refractivity contribution in [2.75, 3.05) is 13.1 Å². The Balaban J connectivity index is 1.33. The van der Waals surface area contributed by atoms with Crippen molar-refractivity contribution in [3.63, 3.8) is 0 Å². The molecule has 1 amide bonds. The third-order valence-electron chi connectivity index (χ3n) is 5.87. The van der Waals surface area contributed by atoms with Crippen LogP contribution in [0, 0.1) is 5.92 Å². The van der Waals surface area contributed by atoms with Crippen molar-refractivity contribution in [2.45, 2.75) is 51.7 Å². The van der Waals surface area contributed by atoms with E-state index in [9.17, 15) is 4.79 Å². The zero-order valence-corrected chi connectivity index (χ0v) is 15.7.